The minimum absolute atomic E-state index is 0.0575. The van der Waals surface area contributed by atoms with E-state index in [2.05, 4.69) is 25.9 Å². The van der Waals surface area contributed by atoms with Crippen LogP contribution in [0.2, 0.25) is 0 Å². The molecule has 6 rings (SSSR count). The number of allylic oxidation sites excluding steroid dienone is 2. The van der Waals surface area contributed by atoms with E-state index >= 15 is 0 Å². The van der Waals surface area contributed by atoms with E-state index in [1.54, 1.807) is 54.7 Å². The van der Waals surface area contributed by atoms with Gasteiger partial charge in [0.1, 0.15) is 11.6 Å². The van der Waals surface area contributed by atoms with Crippen molar-refractivity contribution in [1.82, 2.24) is 15.3 Å². The van der Waals surface area contributed by atoms with E-state index in [-0.39, 0.29) is 23.1 Å². The molecule has 2 aromatic heterocycles. The lowest BCUT2D eigenvalue weighted by atomic mass is 9.80. The normalized spacial score (nSPS) is 18.5. The van der Waals surface area contributed by atoms with Gasteiger partial charge in [-0.05, 0) is 67.4 Å². The van der Waals surface area contributed by atoms with E-state index in [0.717, 1.165) is 30.5 Å². The van der Waals surface area contributed by atoms with Crippen LogP contribution in [0.3, 0.4) is 0 Å². The van der Waals surface area contributed by atoms with Gasteiger partial charge in [-0.2, -0.15) is 0 Å². The summed E-state index contributed by atoms with van der Waals surface area (Å²) in [7, 11) is 0. The Morgan fingerprint density at radius 2 is 1.56 bits per heavy atom. The van der Waals surface area contributed by atoms with Gasteiger partial charge in [-0.3, -0.25) is 14.8 Å². The second-order valence-corrected chi connectivity index (χ2v) is 11.9. The summed E-state index contributed by atoms with van der Waals surface area (Å²) in [6, 6.07) is 17.6. The number of carbonyl (C=O) groups is 2. The molecular formula is C35H31F2N5O3. The number of carboxylic acids is 1. The zero-order valence-electron chi connectivity index (χ0n) is 24.6. The molecule has 228 valence electrons. The van der Waals surface area contributed by atoms with Crippen LogP contribution >= 0.6 is 0 Å². The van der Waals surface area contributed by atoms with Crippen LogP contribution in [-0.2, 0) is 4.79 Å². The summed E-state index contributed by atoms with van der Waals surface area (Å²) in [6.07, 6.45) is 10.4. The molecule has 4 aromatic rings. The summed E-state index contributed by atoms with van der Waals surface area (Å²) in [4.78, 5) is 34.1. The van der Waals surface area contributed by atoms with Gasteiger partial charge < -0.3 is 21.1 Å². The molecule has 45 heavy (non-hydrogen) atoms. The Morgan fingerprint density at radius 1 is 0.867 bits per heavy atom. The van der Waals surface area contributed by atoms with E-state index in [0.29, 0.717) is 28.3 Å². The van der Waals surface area contributed by atoms with Crippen molar-refractivity contribution in [2.24, 2.45) is 5.41 Å². The van der Waals surface area contributed by atoms with Crippen LogP contribution in [0.5, 0.6) is 0 Å². The Labute approximate surface area is 258 Å². The lowest BCUT2D eigenvalue weighted by molar-refractivity contribution is -0.133. The number of carbonyl (C=O) groups excluding carboxylic acids is 1. The first-order chi connectivity index (χ1) is 21.5. The predicted molar refractivity (Wildman–Crippen MR) is 168 cm³/mol. The van der Waals surface area contributed by atoms with Crippen molar-refractivity contribution in [2.75, 3.05) is 10.6 Å². The van der Waals surface area contributed by atoms with Crippen molar-refractivity contribution in [3.63, 3.8) is 0 Å². The zero-order valence-corrected chi connectivity index (χ0v) is 24.6. The number of carboxylic acid groups (broad SMARTS) is 1. The quantitative estimate of drug-likeness (QED) is 0.122. The van der Waals surface area contributed by atoms with Gasteiger partial charge in [0.25, 0.3) is 5.91 Å². The van der Waals surface area contributed by atoms with Gasteiger partial charge in [0, 0.05) is 34.2 Å². The number of benzene rings is 2. The third-order valence-corrected chi connectivity index (χ3v) is 7.68. The number of anilines is 2. The second-order valence-electron chi connectivity index (χ2n) is 11.9. The molecule has 2 aromatic carbocycles. The van der Waals surface area contributed by atoms with Gasteiger partial charge >= 0.3 is 5.97 Å². The van der Waals surface area contributed by atoms with E-state index in [1.165, 1.54) is 12.3 Å². The van der Waals surface area contributed by atoms with E-state index in [9.17, 15) is 23.5 Å². The van der Waals surface area contributed by atoms with Crippen LogP contribution in [0.1, 0.15) is 37.0 Å². The van der Waals surface area contributed by atoms with Gasteiger partial charge in [-0.1, -0.05) is 38.1 Å². The maximum Gasteiger partial charge on any atom is 0.335 e. The fraction of sp³-hybridized carbons (Fsp3) is 0.200. The highest BCUT2D eigenvalue weighted by Gasteiger charge is 2.41. The molecule has 1 atom stereocenters. The van der Waals surface area contributed by atoms with Gasteiger partial charge in [0.15, 0.2) is 5.66 Å². The van der Waals surface area contributed by atoms with Gasteiger partial charge in [0.2, 0.25) is 0 Å². The van der Waals surface area contributed by atoms with Crippen molar-refractivity contribution in [3.05, 3.63) is 120 Å². The number of aliphatic carboxylic acids is 1. The number of nitrogens with zero attached hydrogens (tertiary/aromatic N) is 2. The van der Waals surface area contributed by atoms with E-state index in [4.69, 9.17) is 0 Å². The molecule has 2 heterocycles. The number of hydrogen-bond donors (Lipinski definition) is 4. The van der Waals surface area contributed by atoms with Crippen molar-refractivity contribution in [1.29, 1.82) is 0 Å². The Kier molecular flexibility index (Phi) is 7.66. The molecule has 0 aliphatic heterocycles. The Morgan fingerprint density at radius 3 is 2.16 bits per heavy atom. The minimum atomic E-state index is -1.41. The number of hydrogen-bond acceptors (Lipinski definition) is 6. The van der Waals surface area contributed by atoms with Gasteiger partial charge in [-0.25, -0.2) is 13.6 Å². The number of nitrogens with one attached hydrogen (secondary N) is 3. The lowest BCUT2D eigenvalue weighted by Crippen LogP contribution is -2.50. The minimum Gasteiger partial charge on any atom is -0.478 e. The number of aromatic nitrogens is 2. The molecule has 10 heteroatoms. The summed E-state index contributed by atoms with van der Waals surface area (Å²) < 4.78 is 27.8. The first-order valence-corrected chi connectivity index (χ1v) is 14.5. The molecule has 0 saturated heterocycles. The molecule has 0 bridgehead atoms. The van der Waals surface area contributed by atoms with Crippen LogP contribution in [0.4, 0.5) is 20.2 Å². The first kappa shape index (κ1) is 29.7. The lowest BCUT2D eigenvalue weighted by Gasteiger charge is -2.39. The number of pyridine rings is 2. The standard InChI is InChI=1S/C35H31F2N5O3/c1-34(2)14-15-35(28(18-34)33(44)45,42-26-10-13-31(39-20-26)27-11-6-23(36)17-29(27)37)41-25-9-12-30(38-19-25)21-4-3-5-22(16-21)32(43)40-24-7-8-24/h3-6,9-20,24,41-42H,7-8H2,1-2H3,(H,40,43)(H,44,45). The fourth-order valence-corrected chi connectivity index (χ4v) is 5.18. The van der Waals surface area contributed by atoms with Crippen LogP contribution < -0.4 is 16.0 Å². The summed E-state index contributed by atoms with van der Waals surface area (Å²) in [5.74, 6) is -2.67. The fourth-order valence-electron chi connectivity index (χ4n) is 5.18. The third-order valence-electron chi connectivity index (χ3n) is 7.68. The van der Waals surface area contributed by atoms with Crippen molar-refractivity contribution >= 4 is 23.3 Å². The topological polar surface area (TPSA) is 116 Å². The number of rotatable bonds is 9. The number of halogens is 2. The molecule has 4 N–H and O–H groups in total. The maximum absolute atomic E-state index is 14.4. The SMILES string of the molecule is CC1(C)C=CC(Nc2ccc(-c3cccc(C(=O)NC4CC4)c3)nc2)(Nc2ccc(-c3ccc(F)cc3F)nc2)C(C(=O)O)=C1. The second kappa shape index (κ2) is 11.6. The third kappa shape index (κ3) is 6.59. The van der Waals surface area contributed by atoms with E-state index < -0.39 is 28.7 Å². The molecule has 2 aliphatic carbocycles. The Balaban J connectivity index is 1.29. The smallest absolute Gasteiger partial charge is 0.335 e. The van der Waals surface area contributed by atoms with E-state index in [1.807, 2.05) is 32.1 Å². The average molecular weight is 608 g/mol. The Bertz CT molecular complexity index is 1830. The molecule has 1 amide bonds. The average Bonchev–Trinajstić information content (AvgIpc) is 3.83. The maximum atomic E-state index is 14.4. The highest BCUT2D eigenvalue weighted by Crippen LogP contribution is 2.37. The van der Waals surface area contributed by atoms with Crippen molar-refractivity contribution in [2.45, 2.75) is 38.4 Å². The highest BCUT2D eigenvalue weighted by atomic mass is 19.1. The molecule has 1 fully saturated rings. The van der Waals surface area contributed by atoms with Crippen LogP contribution in [-0.4, -0.2) is 38.7 Å². The summed E-state index contributed by atoms with van der Waals surface area (Å²) >= 11 is 0. The van der Waals surface area contributed by atoms with Crippen LogP contribution in [0.15, 0.2) is 103 Å². The molecule has 0 radical (unpaired) electrons. The summed E-state index contributed by atoms with van der Waals surface area (Å²) in [6.45, 7) is 3.80. The first-order valence-electron chi connectivity index (χ1n) is 14.5. The van der Waals surface area contributed by atoms with Crippen molar-refractivity contribution in [3.8, 4) is 22.5 Å². The Hall–Kier alpha value is -5.38. The van der Waals surface area contributed by atoms with Gasteiger partial charge in [-0.15, -0.1) is 0 Å². The highest BCUT2D eigenvalue weighted by molar-refractivity contribution is 5.96. The molecule has 2 aliphatic rings. The summed E-state index contributed by atoms with van der Waals surface area (Å²) in [5, 5.41) is 19.9. The molecule has 1 unspecified atom stereocenters. The molecular weight excluding hydrogens is 576 g/mol. The van der Waals surface area contributed by atoms with Gasteiger partial charge in [0.05, 0.1) is 40.7 Å². The largest absolute Gasteiger partial charge is 0.478 e. The molecule has 0 spiro atoms. The van der Waals surface area contributed by atoms with Crippen LogP contribution in [0, 0.1) is 17.0 Å². The monoisotopic (exact) mass is 607 g/mol. The van der Waals surface area contributed by atoms with Crippen molar-refractivity contribution < 1.29 is 23.5 Å². The van der Waals surface area contributed by atoms with Crippen LogP contribution in [0.25, 0.3) is 22.5 Å². The summed E-state index contributed by atoms with van der Waals surface area (Å²) in [5.41, 5.74) is 1.51. The zero-order chi connectivity index (χ0) is 31.8. The molecule has 8 nitrogen and oxygen atoms in total. The predicted octanol–water partition coefficient (Wildman–Crippen LogP) is 6.81. The number of amides is 1. The molecule has 1 saturated carbocycles.